The Morgan fingerprint density at radius 1 is 1.11 bits per heavy atom. The molecule has 4 nitrogen and oxygen atoms in total. The molecule has 0 N–H and O–H groups in total. The van der Waals surface area contributed by atoms with Gasteiger partial charge in [-0.05, 0) is 64.9 Å². The van der Waals surface area contributed by atoms with Crippen LogP contribution < -0.4 is 4.74 Å². The highest BCUT2D eigenvalue weighted by Gasteiger charge is 2.09. The van der Waals surface area contributed by atoms with Crippen molar-refractivity contribution in [3.63, 3.8) is 0 Å². The van der Waals surface area contributed by atoms with Crippen molar-refractivity contribution in [2.45, 2.75) is 13.5 Å². The van der Waals surface area contributed by atoms with Crippen molar-refractivity contribution in [1.29, 1.82) is 0 Å². The Morgan fingerprint density at radius 2 is 1.89 bits per heavy atom. The monoisotopic (exact) mass is 473 g/mol. The Morgan fingerprint density at radius 3 is 2.59 bits per heavy atom. The van der Waals surface area contributed by atoms with Crippen LogP contribution in [0.4, 0.5) is 4.39 Å². The molecular formula is C21H17FIN3O. The molecule has 0 amide bonds. The molecule has 136 valence electrons. The Balaban J connectivity index is 1.56. The van der Waals surface area contributed by atoms with E-state index in [0.29, 0.717) is 12.5 Å². The average molecular weight is 473 g/mol. The molecule has 0 bridgehead atoms. The van der Waals surface area contributed by atoms with E-state index in [-0.39, 0.29) is 5.82 Å². The first-order valence-corrected chi connectivity index (χ1v) is 9.55. The summed E-state index contributed by atoms with van der Waals surface area (Å²) in [4.78, 5) is 4.71. The predicted molar refractivity (Wildman–Crippen MR) is 112 cm³/mol. The van der Waals surface area contributed by atoms with Crippen molar-refractivity contribution in [2.75, 3.05) is 0 Å². The maximum Gasteiger partial charge on any atom is 0.246 e. The topological polar surface area (TPSA) is 39.9 Å². The van der Waals surface area contributed by atoms with Gasteiger partial charge in [0.1, 0.15) is 12.4 Å². The van der Waals surface area contributed by atoms with Gasteiger partial charge in [-0.15, -0.1) is 5.10 Å². The van der Waals surface area contributed by atoms with Crippen LogP contribution in [-0.2, 0) is 13.7 Å². The molecule has 6 heteroatoms. The van der Waals surface area contributed by atoms with Crippen molar-refractivity contribution in [3.8, 4) is 17.1 Å². The summed E-state index contributed by atoms with van der Waals surface area (Å²) in [5.74, 6) is 0.393. The maximum atomic E-state index is 13.4. The van der Waals surface area contributed by atoms with Crippen molar-refractivity contribution in [2.24, 2.45) is 7.05 Å². The molecule has 2 aromatic carbocycles. The fourth-order valence-electron chi connectivity index (χ4n) is 2.99. The van der Waals surface area contributed by atoms with E-state index in [1.165, 1.54) is 12.1 Å². The van der Waals surface area contributed by atoms with Crippen molar-refractivity contribution in [1.82, 2.24) is 14.8 Å². The molecule has 0 spiro atoms. The van der Waals surface area contributed by atoms with E-state index in [2.05, 4.69) is 27.7 Å². The number of hydrogen-bond acceptors (Lipinski definition) is 3. The number of aryl methyl sites for hydroxylation is 2. The van der Waals surface area contributed by atoms with Crippen LogP contribution in [0, 0.1) is 16.3 Å². The third-order valence-corrected chi connectivity index (χ3v) is 5.06. The maximum absolute atomic E-state index is 13.4. The number of pyridine rings is 1. The summed E-state index contributed by atoms with van der Waals surface area (Å²) in [6, 6.07) is 14.8. The number of hydrogen-bond donors (Lipinski definition) is 0. The van der Waals surface area contributed by atoms with Crippen LogP contribution in [0.25, 0.3) is 22.2 Å². The summed E-state index contributed by atoms with van der Waals surface area (Å²) in [5.41, 5.74) is 4.78. The van der Waals surface area contributed by atoms with E-state index >= 15 is 0 Å². The Labute approximate surface area is 170 Å². The minimum Gasteiger partial charge on any atom is -0.471 e. The van der Waals surface area contributed by atoms with E-state index in [1.54, 1.807) is 10.7 Å². The number of ether oxygens (including phenoxy) is 1. The van der Waals surface area contributed by atoms with Crippen LogP contribution in [0.2, 0.25) is 0 Å². The van der Waals surface area contributed by atoms with Gasteiger partial charge in [0, 0.05) is 24.2 Å². The molecule has 27 heavy (non-hydrogen) atoms. The van der Waals surface area contributed by atoms with Gasteiger partial charge in [0.05, 0.1) is 14.8 Å². The molecule has 2 heterocycles. The molecule has 4 aromatic rings. The fourth-order valence-corrected chi connectivity index (χ4v) is 3.66. The number of aromatic nitrogens is 3. The van der Waals surface area contributed by atoms with E-state index in [1.807, 2.05) is 50.5 Å². The second kappa shape index (κ2) is 7.26. The Hall–Kier alpha value is -2.48. The molecule has 2 aromatic heterocycles. The minimum absolute atomic E-state index is 0.247. The van der Waals surface area contributed by atoms with Gasteiger partial charge in [-0.3, -0.25) is 4.68 Å². The lowest BCUT2D eigenvalue weighted by Crippen LogP contribution is -1.98. The summed E-state index contributed by atoms with van der Waals surface area (Å²) >= 11 is 2.21. The first kappa shape index (κ1) is 17.9. The second-order valence-electron chi connectivity index (χ2n) is 6.43. The van der Waals surface area contributed by atoms with Gasteiger partial charge in [0.2, 0.25) is 5.88 Å². The van der Waals surface area contributed by atoms with Crippen molar-refractivity contribution >= 4 is 33.5 Å². The smallest absolute Gasteiger partial charge is 0.246 e. The van der Waals surface area contributed by atoms with Gasteiger partial charge in [-0.1, -0.05) is 24.3 Å². The average Bonchev–Trinajstić information content (AvgIpc) is 2.97. The van der Waals surface area contributed by atoms with Crippen LogP contribution in [0.3, 0.4) is 0 Å². The lowest BCUT2D eigenvalue weighted by molar-refractivity contribution is 0.289. The molecule has 0 aliphatic heterocycles. The molecule has 0 saturated carbocycles. The third kappa shape index (κ3) is 3.80. The van der Waals surface area contributed by atoms with Gasteiger partial charge < -0.3 is 4.74 Å². The highest BCUT2D eigenvalue weighted by Crippen LogP contribution is 2.26. The van der Waals surface area contributed by atoms with Crippen LogP contribution in [-0.4, -0.2) is 14.8 Å². The van der Waals surface area contributed by atoms with Crippen LogP contribution >= 0.6 is 22.6 Å². The lowest BCUT2D eigenvalue weighted by atomic mass is 10.0. The van der Waals surface area contributed by atoms with Gasteiger partial charge in [-0.2, -0.15) is 0 Å². The number of halogens is 2. The zero-order chi connectivity index (χ0) is 19.0. The third-order valence-electron chi connectivity index (χ3n) is 4.32. The second-order valence-corrected chi connectivity index (χ2v) is 7.59. The lowest BCUT2D eigenvalue weighted by Gasteiger charge is -2.09. The Bertz CT molecular complexity index is 1120. The molecule has 0 fully saturated rings. The fraction of sp³-hybridized carbons (Fsp3) is 0.143. The van der Waals surface area contributed by atoms with E-state index in [9.17, 15) is 4.39 Å². The van der Waals surface area contributed by atoms with Gasteiger partial charge in [0.15, 0.2) is 0 Å². The predicted octanol–water partition coefficient (Wildman–Crippen LogP) is 5.27. The summed E-state index contributed by atoms with van der Waals surface area (Å²) < 4.78 is 21.9. The highest BCUT2D eigenvalue weighted by molar-refractivity contribution is 14.1. The summed E-state index contributed by atoms with van der Waals surface area (Å²) in [7, 11) is 1.87. The normalized spacial score (nSPS) is 11.1. The van der Waals surface area contributed by atoms with Crippen LogP contribution in [0.1, 0.15) is 11.1 Å². The molecule has 0 aliphatic carbocycles. The molecular weight excluding hydrogens is 456 g/mol. The molecule has 4 rings (SSSR count). The first-order chi connectivity index (χ1) is 13.0. The van der Waals surface area contributed by atoms with E-state index < -0.39 is 0 Å². The molecule has 0 unspecified atom stereocenters. The van der Waals surface area contributed by atoms with Gasteiger partial charge >= 0.3 is 0 Å². The molecule has 0 atom stereocenters. The zero-order valence-corrected chi connectivity index (χ0v) is 17.1. The first-order valence-electron chi connectivity index (χ1n) is 8.48. The van der Waals surface area contributed by atoms with E-state index in [0.717, 1.165) is 36.9 Å². The number of rotatable bonds is 4. The van der Waals surface area contributed by atoms with Crippen LogP contribution in [0.15, 0.2) is 54.7 Å². The molecule has 0 saturated heterocycles. The largest absolute Gasteiger partial charge is 0.471 e. The van der Waals surface area contributed by atoms with Crippen LogP contribution in [0.5, 0.6) is 5.88 Å². The minimum atomic E-state index is -0.247. The number of benzene rings is 2. The van der Waals surface area contributed by atoms with Gasteiger partial charge in [0.25, 0.3) is 0 Å². The molecule has 0 aliphatic rings. The zero-order valence-electron chi connectivity index (χ0n) is 14.9. The summed E-state index contributed by atoms with van der Waals surface area (Å²) in [6.45, 7) is 2.45. The summed E-state index contributed by atoms with van der Waals surface area (Å²) in [6.07, 6.45) is 1.92. The number of fused-ring (bicyclic) bond motifs is 1. The number of nitrogens with zero attached hydrogens (tertiary/aromatic N) is 3. The molecule has 0 radical (unpaired) electrons. The summed E-state index contributed by atoms with van der Waals surface area (Å²) in [5, 5.41) is 5.10. The van der Waals surface area contributed by atoms with Crippen molar-refractivity contribution < 1.29 is 9.13 Å². The van der Waals surface area contributed by atoms with Gasteiger partial charge in [-0.25, -0.2) is 9.37 Å². The SMILES string of the molecule is Cc1cc2cc(F)ccc2nc1-c1ccc(COc2nn(C)cc2I)cc1. The highest BCUT2D eigenvalue weighted by atomic mass is 127. The van der Waals surface area contributed by atoms with E-state index in [4.69, 9.17) is 9.72 Å². The quantitative estimate of drug-likeness (QED) is 0.380. The van der Waals surface area contributed by atoms with Crippen molar-refractivity contribution in [3.05, 3.63) is 75.2 Å². The Kier molecular flexibility index (Phi) is 4.82. The standard InChI is InChI=1S/C21H17FIN3O/c1-13-9-16-10-17(22)7-8-19(16)24-20(13)15-5-3-14(4-6-15)12-27-21-18(23)11-26(2)25-21/h3-11H,12H2,1-2H3.